The SMILES string of the molecule is Cc1cncc(CSc2cccc(O)c2)c1. The Kier molecular flexibility index (Phi) is 3.47. The molecule has 0 saturated carbocycles. The van der Waals surface area contributed by atoms with Crippen molar-refractivity contribution >= 4 is 11.8 Å². The van der Waals surface area contributed by atoms with E-state index in [4.69, 9.17) is 0 Å². The highest BCUT2D eigenvalue weighted by atomic mass is 32.2. The number of thioether (sulfide) groups is 1. The predicted octanol–water partition coefficient (Wildman–Crippen LogP) is 3.39. The van der Waals surface area contributed by atoms with Crippen LogP contribution >= 0.6 is 11.8 Å². The third kappa shape index (κ3) is 3.00. The molecule has 0 spiro atoms. The van der Waals surface area contributed by atoms with Gasteiger partial charge in [0.15, 0.2) is 0 Å². The second-order valence-electron chi connectivity index (χ2n) is 3.66. The van der Waals surface area contributed by atoms with E-state index >= 15 is 0 Å². The Labute approximate surface area is 99.4 Å². The molecule has 0 saturated heterocycles. The third-order valence-corrected chi connectivity index (χ3v) is 3.22. The minimum Gasteiger partial charge on any atom is -0.508 e. The Morgan fingerprint density at radius 2 is 2.12 bits per heavy atom. The highest BCUT2D eigenvalue weighted by Crippen LogP contribution is 2.25. The van der Waals surface area contributed by atoms with Crippen LogP contribution in [0.25, 0.3) is 0 Å². The van der Waals surface area contributed by atoms with E-state index in [9.17, 15) is 5.11 Å². The van der Waals surface area contributed by atoms with Crippen molar-refractivity contribution in [1.82, 2.24) is 4.98 Å². The fourth-order valence-electron chi connectivity index (χ4n) is 1.44. The molecule has 1 N–H and O–H groups in total. The predicted molar refractivity (Wildman–Crippen MR) is 66.6 cm³/mol. The third-order valence-electron chi connectivity index (χ3n) is 2.15. The second kappa shape index (κ2) is 5.03. The van der Waals surface area contributed by atoms with E-state index in [1.807, 2.05) is 31.5 Å². The summed E-state index contributed by atoms with van der Waals surface area (Å²) >= 11 is 1.70. The molecule has 16 heavy (non-hydrogen) atoms. The number of aromatic hydroxyl groups is 1. The van der Waals surface area contributed by atoms with Crippen molar-refractivity contribution in [2.45, 2.75) is 17.6 Å². The Morgan fingerprint density at radius 1 is 1.25 bits per heavy atom. The number of nitrogens with zero attached hydrogens (tertiary/aromatic N) is 1. The molecule has 0 aliphatic heterocycles. The lowest BCUT2D eigenvalue weighted by molar-refractivity contribution is 0.474. The van der Waals surface area contributed by atoms with Crippen molar-refractivity contribution in [2.24, 2.45) is 0 Å². The largest absolute Gasteiger partial charge is 0.508 e. The summed E-state index contributed by atoms with van der Waals surface area (Å²) in [6.07, 6.45) is 3.73. The fourth-order valence-corrected chi connectivity index (χ4v) is 2.31. The fraction of sp³-hybridized carbons (Fsp3) is 0.154. The van der Waals surface area contributed by atoms with Crippen LogP contribution in [0.5, 0.6) is 5.75 Å². The van der Waals surface area contributed by atoms with Crippen molar-refractivity contribution in [3.8, 4) is 5.75 Å². The summed E-state index contributed by atoms with van der Waals surface area (Å²) in [5, 5.41) is 9.33. The van der Waals surface area contributed by atoms with Gasteiger partial charge in [0.25, 0.3) is 0 Å². The summed E-state index contributed by atoms with van der Waals surface area (Å²) in [6.45, 7) is 2.04. The number of phenolic OH excluding ortho intramolecular Hbond substituents is 1. The monoisotopic (exact) mass is 231 g/mol. The lowest BCUT2D eigenvalue weighted by Gasteiger charge is -2.03. The average molecular weight is 231 g/mol. The maximum Gasteiger partial charge on any atom is 0.116 e. The Morgan fingerprint density at radius 3 is 2.88 bits per heavy atom. The quantitative estimate of drug-likeness (QED) is 0.822. The number of phenols is 1. The first-order valence-corrected chi connectivity index (χ1v) is 6.05. The van der Waals surface area contributed by atoms with Crippen LogP contribution in [-0.4, -0.2) is 10.1 Å². The number of aryl methyl sites for hydroxylation is 1. The van der Waals surface area contributed by atoms with Gasteiger partial charge in [0.2, 0.25) is 0 Å². The van der Waals surface area contributed by atoms with Gasteiger partial charge in [-0.25, -0.2) is 0 Å². The summed E-state index contributed by atoms with van der Waals surface area (Å²) in [6, 6.07) is 9.43. The van der Waals surface area contributed by atoms with Crippen LogP contribution in [0.4, 0.5) is 0 Å². The topological polar surface area (TPSA) is 33.1 Å². The molecule has 0 unspecified atom stereocenters. The van der Waals surface area contributed by atoms with E-state index in [1.54, 1.807) is 23.9 Å². The molecule has 2 nitrogen and oxygen atoms in total. The molecule has 1 aromatic carbocycles. The molecule has 0 aliphatic rings. The minimum absolute atomic E-state index is 0.312. The van der Waals surface area contributed by atoms with Gasteiger partial charge >= 0.3 is 0 Å². The van der Waals surface area contributed by atoms with Crippen molar-refractivity contribution in [3.63, 3.8) is 0 Å². The normalized spacial score (nSPS) is 10.3. The van der Waals surface area contributed by atoms with Gasteiger partial charge in [-0.05, 0) is 36.2 Å². The molecule has 82 valence electrons. The average Bonchev–Trinajstić information content (AvgIpc) is 2.27. The Balaban J connectivity index is 2.02. The summed E-state index contributed by atoms with van der Waals surface area (Å²) in [4.78, 5) is 5.22. The van der Waals surface area contributed by atoms with Crippen molar-refractivity contribution < 1.29 is 5.11 Å². The number of rotatable bonds is 3. The van der Waals surface area contributed by atoms with Crippen LogP contribution in [0.1, 0.15) is 11.1 Å². The Bertz CT molecular complexity index is 439. The van der Waals surface area contributed by atoms with E-state index in [-0.39, 0.29) is 0 Å². The number of pyridine rings is 1. The van der Waals surface area contributed by atoms with E-state index in [1.165, 1.54) is 11.1 Å². The molecule has 0 amide bonds. The van der Waals surface area contributed by atoms with Crippen LogP contribution in [0.15, 0.2) is 47.6 Å². The highest BCUT2D eigenvalue weighted by molar-refractivity contribution is 7.98. The molecule has 3 heteroatoms. The van der Waals surface area contributed by atoms with Gasteiger partial charge in [-0.15, -0.1) is 11.8 Å². The molecule has 0 aliphatic carbocycles. The standard InChI is InChI=1S/C13H13NOS/c1-10-5-11(8-14-7-10)9-16-13-4-2-3-12(15)6-13/h2-8,15H,9H2,1H3. The smallest absolute Gasteiger partial charge is 0.116 e. The van der Waals surface area contributed by atoms with E-state index in [0.717, 1.165) is 10.6 Å². The second-order valence-corrected chi connectivity index (χ2v) is 4.71. The molecule has 0 atom stereocenters. The maximum atomic E-state index is 9.33. The van der Waals surface area contributed by atoms with Crippen molar-refractivity contribution in [2.75, 3.05) is 0 Å². The van der Waals surface area contributed by atoms with Gasteiger partial charge in [-0.3, -0.25) is 4.98 Å². The first-order chi connectivity index (χ1) is 7.74. The maximum absolute atomic E-state index is 9.33. The van der Waals surface area contributed by atoms with Crippen LogP contribution in [0, 0.1) is 6.92 Å². The molecule has 0 radical (unpaired) electrons. The zero-order valence-corrected chi connectivity index (χ0v) is 9.87. The van der Waals surface area contributed by atoms with E-state index in [2.05, 4.69) is 11.1 Å². The molecule has 1 aromatic heterocycles. The van der Waals surface area contributed by atoms with Crippen molar-refractivity contribution in [1.29, 1.82) is 0 Å². The van der Waals surface area contributed by atoms with Crippen molar-refractivity contribution in [3.05, 3.63) is 53.9 Å². The number of benzene rings is 1. The summed E-state index contributed by atoms with van der Waals surface area (Å²) in [5.41, 5.74) is 2.38. The van der Waals surface area contributed by atoms with Crippen LogP contribution < -0.4 is 0 Å². The summed E-state index contributed by atoms with van der Waals surface area (Å²) < 4.78 is 0. The molecule has 0 fully saturated rings. The number of hydrogen-bond acceptors (Lipinski definition) is 3. The molecule has 1 heterocycles. The summed E-state index contributed by atoms with van der Waals surface area (Å²) in [5.74, 6) is 1.19. The van der Waals surface area contributed by atoms with Gasteiger partial charge in [-0.2, -0.15) is 0 Å². The van der Waals surface area contributed by atoms with Gasteiger partial charge < -0.3 is 5.11 Å². The minimum atomic E-state index is 0.312. The van der Waals surface area contributed by atoms with Crippen LogP contribution in [0.2, 0.25) is 0 Å². The zero-order valence-electron chi connectivity index (χ0n) is 9.05. The lowest BCUT2D eigenvalue weighted by atomic mass is 10.2. The molecular weight excluding hydrogens is 218 g/mol. The molecular formula is C13H13NOS. The van der Waals surface area contributed by atoms with Crippen LogP contribution in [0.3, 0.4) is 0 Å². The first-order valence-electron chi connectivity index (χ1n) is 5.06. The first kappa shape index (κ1) is 11.0. The summed E-state index contributed by atoms with van der Waals surface area (Å²) in [7, 11) is 0. The molecule has 2 aromatic rings. The van der Waals surface area contributed by atoms with Gasteiger partial charge in [-0.1, -0.05) is 12.1 Å². The van der Waals surface area contributed by atoms with Gasteiger partial charge in [0.05, 0.1) is 0 Å². The lowest BCUT2D eigenvalue weighted by Crippen LogP contribution is -1.84. The number of hydrogen-bond donors (Lipinski definition) is 1. The zero-order chi connectivity index (χ0) is 11.4. The van der Waals surface area contributed by atoms with E-state index in [0.29, 0.717) is 5.75 Å². The number of aromatic nitrogens is 1. The molecule has 2 rings (SSSR count). The Hall–Kier alpha value is -1.48. The van der Waals surface area contributed by atoms with E-state index < -0.39 is 0 Å². The van der Waals surface area contributed by atoms with Gasteiger partial charge in [0, 0.05) is 23.0 Å². The van der Waals surface area contributed by atoms with Crippen LogP contribution in [-0.2, 0) is 5.75 Å². The highest BCUT2D eigenvalue weighted by Gasteiger charge is 1.98. The molecule has 0 bridgehead atoms. The van der Waals surface area contributed by atoms with Gasteiger partial charge in [0.1, 0.15) is 5.75 Å².